The van der Waals surface area contributed by atoms with E-state index in [0.29, 0.717) is 24.3 Å². The first-order valence-electron chi connectivity index (χ1n) is 10.2. The lowest BCUT2D eigenvalue weighted by Gasteiger charge is -2.41. The largest absolute Gasteiger partial charge is 0.497 e. The van der Waals surface area contributed by atoms with Gasteiger partial charge in [-0.15, -0.1) is 0 Å². The molecule has 1 aliphatic rings. The molecular formula is C23H37NO3. The maximum atomic E-state index is 12.2. The van der Waals surface area contributed by atoms with Gasteiger partial charge in [0.05, 0.1) is 12.7 Å². The van der Waals surface area contributed by atoms with Gasteiger partial charge in [-0.2, -0.15) is 0 Å². The van der Waals surface area contributed by atoms with Gasteiger partial charge in [-0.1, -0.05) is 26.0 Å². The molecule has 27 heavy (non-hydrogen) atoms. The number of amides is 1. The van der Waals surface area contributed by atoms with E-state index >= 15 is 0 Å². The minimum atomic E-state index is -0.0284. The lowest BCUT2D eigenvalue weighted by Crippen LogP contribution is -2.39. The normalized spacial score (nSPS) is 20.3. The summed E-state index contributed by atoms with van der Waals surface area (Å²) in [6.07, 6.45) is 3.29. The number of hydrogen-bond acceptors (Lipinski definition) is 3. The fourth-order valence-electron chi connectivity index (χ4n) is 4.36. The SMILES string of the molecule is COc1ccc(CN(CC[C@H](C(C)C)[C@H]2CCOC(C)(C)C2)C(C)=O)cc1. The highest BCUT2D eigenvalue weighted by atomic mass is 16.5. The van der Waals surface area contributed by atoms with Gasteiger partial charge < -0.3 is 14.4 Å². The molecule has 4 heteroatoms. The highest BCUT2D eigenvalue weighted by Crippen LogP contribution is 2.38. The summed E-state index contributed by atoms with van der Waals surface area (Å²) < 4.78 is 11.1. The summed E-state index contributed by atoms with van der Waals surface area (Å²) in [6.45, 7) is 13.0. The number of rotatable bonds is 8. The third-order valence-electron chi connectivity index (χ3n) is 5.91. The summed E-state index contributed by atoms with van der Waals surface area (Å²) in [4.78, 5) is 14.2. The van der Waals surface area contributed by atoms with E-state index in [0.717, 1.165) is 43.7 Å². The molecule has 0 spiro atoms. The second-order valence-electron chi connectivity index (χ2n) is 8.85. The van der Waals surface area contributed by atoms with Crippen LogP contribution in [0.5, 0.6) is 5.75 Å². The number of nitrogens with zero attached hydrogens (tertiary/aromatic N) is 1. The van der Waals surface area contributed by atoms with Gasteiger partial charge in [0.25, 0.3) is 0 Å². The zero-order valence-electron chi connectivity index (χ0n) is 18.0. The Hall–Kier alpha value is -1.55. The monoisotopic (exact) mass is 375 g/mol. The molecular weight excluding hydrogens is 338 g/mol. The van der Waals surface area contributed by atoms with Crippen molar-refractivity contribution in [3.8, 4) is 5.75 Å². The van der Waals surface area contributed by atoms with Crippen molar-refractivity contribution < 1.29 is 14.3 Å². The number of benzene rings is 1. The topological polar surface area (TPSA) is 38.8 Å². The molecule has 2 atom stereocenters. The van der Waals surface area contributed by atoms with Crippen LogP contribution in [0.4, 0.5) is 0 Å². The maximum Gasteiger partial charge on any atom is 0.219 e. The molecule has 1 fully saturated rings. The summed E-state index contributed by atoms with van der Waals surface area (Å²) in [7, 11) is 1.67. The van der Waals surface area contributed by atoms with E-state index in [1.54, 1.807) is 14.0 Å². The number of carbonyl (C=O) groups is 1. The van der Waals surface area contributed by atoms with Gasteiger partial charge in [-0.25, -0.2) is 0 Å². The standard InChI is InChI=1S/C23H37NO3/c1-17(2)22(20-12-14-27-23(4,5)15-20)11-13-24(18(3)25)16-19-7-9-21(26-6)10-8-19/h7-10,17,20,22H,11-16H2,1-6H3/t20-,22+/m0/s1. The lowest BCUT2D eigenvalue weighted by molar-refractivity contribution is -0.130. The Labute approximate surface area is 165 Å². The summed E-state index contributed by atoms with van der Waals surface area (Å²) in [5, 5.41) is 0. The average Bonchev–Trinajstić information content (AvgIpc) is 2.60. The minimum Gasteiger partial charge on any atom is -0.497 e. The van der Waals surface area contributed by atoms with Gasteiger partial charge in [-0.3, -0.25) is 4.79 Å². The number of hydrogen-bond donors (Lipinski definition) is 0. The van der Waals surface area contributed by atoms with Crippen LogP contribution in [0.25, 0.3) is 0 Å². The molecule has 0 N–H and O–H groups in total. The summed E-state index contributed by atoms with van der Waals surface area (Å²) in [6, 6.07) is 7.98. The first kappa shape index (κ1) is 21.7. The quantitative estimate of drug-likeness (QED) is 0.648. The Morgan fingerprint density at radius 2 is 1.96 bits per heavy atom. The van der Waals surface area contributed by atoms with E-state index in [2.05, 4.69) is 27.7 Å². The second kappa shape index (κ2) is 9.59. The van der Waals surface area contributed by atoms with Crippen LogP contribution in [-0.4, -0.2) is 36.7 Å². The van der Waals surface area contributed by atoms with Gasteiger partial charge in [0, 0.05) is 26.6 Å². The average molecular weight is 376 g/mol. The van der Waals surface area contributed by atoms with E-state index < -0.39 is 0 Å². The van der Waals surface area contributed by atoms with Crippen LogP contribution in [0.1, 0.15) is 59.4 Å². The van der Waals surface area contributed by atoms with Crippen molar-refractivity contribution in [3.63, 3.8) is 0 Å². The Morgan fingerprint density at radius 3 is 2.48 bits per heavy atom. The van der Waals surface area contributed by atoms with E-state index in [-0.39, 0.29) is 11.5 Å². The van der Waals surface area contributed by atoms with Crippen molar-refractivity contribution >= 4 is 5.91 Å². The van der Waals surface area contributed by atoms with E-state index in [1.165, 1.54) is 0 Å². The molecule has 2 rings (SSSR count). The molecule has 0 aliphatic carbocycles. The van der Waals surface area contributed by atoms with Crippen molar-refractivity contribution in [3.05, 3.63) is 29.8 Å². The third kappa shape index (κ3) is 6.53. The molecule has 1 aliphatic heterocycles. The number of methoxy groups -OCH3 is 1. The molecule has 0 aromatic heterocycles. The van der Waals surface area contributed by atoms with Crippen LogP contribution in [-0.2, 0) is 16.1 Å². The molecule has 4 nitrogen and oxygen atoms in total. The van der Waals surface area contributed by atoms with E-state index in [9.17, 15) is 4.79 Å². The van der Waals surface area contributed by atoms with Crippen LogP contribution in [0, 0.1) is 17.8 Å². The Bertz CT molecular complexity index is 594. The van der Waals surface area contributed by atoms with Gasteiger partial charge in [0.2, 0.25) is 5.91 Å². The molecule has 0 bridgehead atoms. The van der Waals surface area contributed by atoms with Gasteiger partial charge in [0.15, 0.2) is 0 Å². The van der Waals surface area contributed by atoms with Crippen molar-refractivity contribution in [1.82, 2.24) is 4.90 Å². The van der Waals surface area contributed by atoms with Gasteiger partial charge >= 0.3 is 0 Å². The van der Waals surface area contributed by atoms with Crippen molar-refractivity contribution in [2.45, 2.75) is 66.0 Å². The number of carbonyl (C=O) groups excluding carboxylic acids is 1. The van der Waals surface area contributed by atoms with Crippen LogP contribution in [0.15, 0.2) is 24.3 Å². The zero-order valence-corrected chi connectivity index (χ0v) is 18.0. The first-order valence-corrected chi connectivity index (χ1v) is 10.2. The maximum absolute atomic E-state index is 12.2. The zero-order chi connectivity index (χ0) is 20.0. The molecule has 1 heterocycles. The van der Waals surface area contributed by atoms with Crippen molar-refractivity contribution in [1.29, 1.82) is 0 Å². The molecule has 0 unspecified atom stereocenters. The fraction of sp³-hybridized carbons (Fsp3) is 0.696. The molecule has 1 saturated heterocycles. The summed E-state index contributed by atoms with van der Waals surface area (Å²) >= 11 is 0. The Balaban J connectivity index is 2.00. The molecule has 152 valence electrons. The lowest BCUT2D eigenvalue weighted by atomic mass is 9.73. The van der Waals surface area contributed by atoms with E-state index in [4.69, 9.17) is 9.47 Å². The van der Waals surface area contributed by atoms with Crippen LogP contribution >= 0.6 is 0 Å². The fourth-order valence-corrected chi connectivity index (χ4v) is 4.36. The molecule has 0 saturated carbocycles. The number of ether oxygens (including phenoxy) is 2. The summed E-state index contributed by atoms with van der Waals surface area (Å²) in [5.41, 5.74) is 1.11. The highest BCUT2D eigenvalue weighted by molar-refractivity contribution is 5.73. The van der Waals surface area contributed by atoms with Crippen molar-refractivity contribution in [2.24, 2.45) is 17.8 Å². The van der Waals surface area contributed by atoms with Crippen LogP contribution in [0.2, 0.25) is 0 Å². The van der Waals surface area contributed by atoms with E-state index in [1.807, 2.05) is 29.2 Å². The first-order chi connectivity index (χ1) is 12.7. The second-order valence-corrected chi connectivity index (χ2v) is 8.85. The van der Waals surface area contributed by atoms with Gasteiger partial charge in [-0.05, 0) is 68.6 Å². The van der Waals surface area contributed by atoms with Crippen LogP contribution in [0.3, 0.4) is 0 Å². The molecule has 1 aromatic rings. The van der Waals surface area contributed by atoms with Crippen molar-refractivity contribution in [2.75, 3.05) is 20.3 Å². The molecule has 1 amide bonds. The Morgan fingerprint density at radius 1 is 1.30 bits per heavy atom. The highest BCUT2D eigenvalue weighted by Gasteiger charge is 2.34. The van der Waals surface area contributed by atoms with Crippen LogP contribution < -0.4 is 4.74 Å². The predicted octanol–water partition coefficient (Wildman–Crippen LogP) is 4.91. The predicted molar refractivity (Wildman–Crippen MR) is 110 cm³/mol. The minimum absolute atomic E-state index is 0.0284. The smallest absolute Gasteiger partial charge is 0.219 e. The Kier molecular flexibility index (Phi) is 7.72. The third-order valence-corrected chi connectivity index (χ3v) is 5.91. The molecule has 1 aromatic carbocycles. The van der Waals surface area contributed by atoms with Gasteiger partial charge in [0.1, 0.15) is 5.75 Å². The summed E-state index contributed by atoms with van der Waals surface area (Å²) in [5.74, 6) is 2.88. The molecule has 0 radical (unpaired) electrons.